The second-order valence-electron chi connectivity index (χ2n) is 3.13. The zero-order chi connectivity index (χ0) is 12.4. The lowest BCUT2D eigenvalue weighted by Crippen LogP contribution is -2.01. The standard InChI is InChI=1S/C10H8BrClN4S/c1-17-10-15-8(14-9(13)16-10)6-3-2-5(11)4-7(6)12/h2-4H,1H3,(H2,13,14,15,16). The van der Waals surface area contributed by atoms with Crippen LogP contribution in [0.3, 0.4) is 0 Å². The van der Waals surface area contributed by atoms with Gasteiger partial charge in [0.25, 0.3) is 0 Å². The van der Waals surface area contributed by atoms with Crippen molar-refractivity contribution in [1.82, 2.24) is 15.0 Å². The fraction of sp³-hybridized carbons (Fsp3) is 0.100. The molecule has 2 N–H and O–H groups in total. The zero-order valence-corrected chi connectivity index (χ0v) is 12.0. The lowest BCUT2D eigenvalue weighted by molar-refractivity contribution is 0.927. The van der Waals surface area contributed by atoms with Gasteiger partial charge in [-0.3, -0.25) is 0 Å². The largest absolute Gasteiger partial charge is 0.368 e. The summed E-state index contributed by atoms with van der Waals surface area (Å²) in [6.07, 6.45) is 1.88. The first-order valence-electron chi connectivity index (χ1n) is 4.61. The van der Waals surface area contributed by atoms with Gasteiger partial charge in [0.15, 0.2) is 11.0 Å². The lowest BCUT2D eigenvalue weighted by atomic mass is 10.2. The fourth-order valence-electron chi connectivity index (χ4n) is 1.25. The smallest absolute Gasteiger partial charge is 0.224 e. The van der Waals surface area contributed by atoms with E-state index in [-0.39, 0.29) is 5.95 Å². The first kappa shape index (κ1) is 12.6. The van der Waals surface area contributed by atoms with Crippen LogP contribution in [0.2, 0.25) is 5.02 Å². The summed E-state index contributed by atoms with van der Waals surface area (Å²) in [7, 11) is 0. The molecule has 4 nitrogen and oxygen atoms in total. The van der Waals surface area contributed by atoms with Gasteiger partial charge in [-0.2, -0.15) is 9.97 Å². The van der Waals surface area contributed by atoms with Crippen molar-refractivity contribution in [2.24, 2.45) is 0 Å². The molecule has 88 valence electrons. The highest BCUT2D eigenvalue weighted by molar-refractivity contribution is 9.10. The molecule has 2 aromatic rings. The molecule has 0 aliphatic rings. The topological polar surface area (TPSA) is 64.7 Å². The van der Waals surface area contributed by atoms with Crippen molar-refractivity contribution >= 4 is 45.2 Å². The van der Waals surface area contributed by atoms with Crippen molar-refractivity contribution in [2.45, 2.75) is 5.16 Å². The van der Waals surface area contributed by atoms with Gasteiger partial charge in [-0.15, -0.1) is 0 Å². The van der Waals surface area contributed by atoms with Crippen LogP contribution >= 0.6 is 39.3 Å². The van der Waals surface area contributed by atoms with Gasteiger partial charge in [0.05, 0.1) is 5.02 Å². The molecular formula is C10H8BrClN4S. The Morgan fingerprint density at radius 2 is 2.06 bits per heavy atom. The van der Waals surface area contributed by atoms with Crippen LogP contribution in [0.25, 0.3) is 11.4 Å². The van der Waals surface area contributed by atoms with Gasteiger partial charge in [0, 0.05) is 10.0 Å². The molecule has 1 aromatic heterocycles. The molecule has 0 atom stereocenters. The number of anilines is 1. The van der Waals surface area contributed by atoms with Gasteiger partial charge in [-0.25, -0.2) is 4.98 Å². The van der Waals surface area contributed by atoms with E-state index in [9.17, 15) is 0 Å². The number of nitrogens with two attached hydrogens (primary N) is 1. The molecule has 1 aromatic carbocycles. The Hall–Kier alpha value is -0.850. The quantitative estimate of drug-likeness (QED) is 0.856. The maximum absolute atomic E-state index is 6.13. The summed E-state index contributed by atoms with van der Waals surface area (Å²) in [4.78, 5) is 12.4. The Balaban J connectivity index is 2.55. The Bertz CT molecular complexity index is 564. The number of halogens is 2. The minimum atomic E-state index is 0.193. The molecule has 0 spiro atoms. The molecular weight excluding hydrogens is 324 g/mol. The van der Waals surface area contributed by atoms with Crippen LogP contribution in [0.5, 0.6) is 0 Å². The van der Waals surface area contributed by atoms with E-state index in [0.29, 0.717) is 16.0 Å². The van der Waals surface area contributed by atoms with E-state index in [0.717, 1.165) is 10.0 Å². The van der Waals surface area contributed by atoms with Gasteiger partial charge >= 0.3 is 0 Å². The molecule has 0 radical (unpaired) electrons. The first-order chi connectivity index (χ1) is 8.10. The minimum absolute atomic E-state index is 0.193. The van der Waals surface area contributed by atoms with Gasteiger partial charge < -0.3 is 5.73 Å². The number of hydrogen-bond donors (Lipinski definition) is 1. The molecule has 0 saturated carbocycles. The third kappa shape index (κ3) is 2.88. The average Bonchev–Trinajstić information content (AvgIpc) is 2.28. The molecule has 0 fully saturated rings. The molecule has 0 aliphatic heterocycles. The van der Waals surface area contributed by atoms with Crippen molar-refractivity contribution in [3.05, 3.63) is 27.7 Å². The predicted molar refractivity (Wildman–Crippen MR) is 74.2 cm³/mol. The van der Waals surface area contributed by atoms with Crippen LogP contribution in [-0.4, -0.2) is 21.2 Å². The van der Waals surface area contributed by atoms with E-state index in [4.69, 9.17) is 17.3 Å². The summed E-state index contributed by atoms with van der Waals surface area (Å²) >= 11 is 10.9. The molecule has 0 bridgehead atoms. The van der Waals surface area contributed by atoms with E-state index in [1.807, 2.05) is 18.4 Å². The van der Waals surface area contributed by atoms with Crippen LogP contribution in [0.1, 0.15) is 0 Å². The SMILES string of the molecule is CSc1nc(N)nc(-c2ccc(Br)cc2Cl)n1. The average molecular weight is 332 g/mol. The first-order valence-corrected chi connectivity index (χ1v) is 7.00. The third-order valence-electron chi connectivity index (χ3n) is 1.99. The second kappa shape index (κ2) is 5.20. The maximum Gasteiger partial charge on any atom is 0.224 e. The van der Waals surface area contributed by atoms with Crippen molar-refractivity contribution in [2.75, 3.05) is 12.0 Å². The Morgan fingerprint density at radius 3 is 2.71 bits per heavy atom. The summed E-state index contributed by atoms with van der Waals surface area (Å²) in [5.74, 6) is 0.678. The highest BCUT2D eigenvalue weighted by Gasteiger charge is 2.10. The van der Waals surface area contributed by atoms with E-state index >= 15 is 0 Å². The van der Waals surface area contributed by atoms with Crippen LogP contribution in [0.4, 0.5) is 5.95 Å². The van der Waals surface area contributed by atoms with E-state index in [2.05, 4.69) is 30.9 Å². The van der Waals surface area contributed by atoms with E-state index < -0.39 is 0 Å². The van der Waals surface area contributed by atoms with E-state index in [1.165, 1.54) is 11.8 Å². The molecule has 17 heavy (non-hydrogen) atoms. The Morgan fingerprint density at radius 1 is 1.29 bits per heavy atom. The predicted octanol–water partition coefficient (Wildman–Crippen LogP) is 3.26. The number of nitrogens with zero attached hydrogens (tertiary/aromatic N) is 3. The number of thioether (sulfide) groups is 1. The fourth-order valence-corrected chi connectivity index (χ4v) is 2.38. The van der Waals surface area contributed by atoms with Crippen molar-refractivity contribution in [3.8, 4) is 11.4 Å². The molecule has 7 heteroatoms. The van der Waals surface area contributed by atoms with Gasteiger partial charge in [0.1, 0.15) is 0 Å². The number of benzene rings is 1. The molecule has 2 rings (SSSR count). The molecule has 0 aliphatic carbocycles. The van der Waals surface area contributed by atoms with E-state index in [1.54, 1.807) is 6.07 Å². The summed E-state index contributed by atoms with van der Waals surface area (Å²) in [6, 6.07) is 5.50. The van der Waals surface area contributed by atoms with Crippen LogP contribution in [0, 0.1) is 0 Å². The minimum Gasteiger partial charge on any atom is -0.368 e. The van der Waals surface area contributed by atoms with Crippen molar-refractivity contribution in [3.63, 3.8) is 0 Å². The zero-order valence-electron chi connectivity index (χ0n) is 8.82. The van der Waals surface area contributed by atoms with Crippen LogP contribution in [0.15, 0.2) is 27.8 Å². The van der Waals surface area contributed by atoms with Crippen LogP contribution < -0.4 is 5.73 Å². The lowest BCUT2D eigenvalue weighted by Gasteiger charge is -2.05. The monoisotopic (exact) mass is 330 g/mol. The number of rotatable bonds is 2. The Labute approximate surface area is 116 Å². The van der Waals surface area contributed by atoms with Crippen molar-refractivity contribution in [1.29, 1.82) is 0 Å². The summed E-state index contributed by atoms with van der Waals surface area (Å²) in [5, 5.41) is 1.14. The summed E-state index contributed by atoms with van der Waals surface area (Å²) < 4.78 is 0.901. The molecule has 1 heterocycles. The van der Waals surface area contributed by atoms with Gasteiger partial charge in [-0.1, -0.05) is 39.3 Å². The Kier molecular flexibility index (Phi) is 3.86. The summed E-state index contributed by atoms with van der Waals surface area (Å²) in [6.45, 7) is 0. The van der Waals surface area contributed by atoms with Crippen LogP contribution in [-0.2, 0) is 0 Å². The number of hydrogen-bond acceptors (Lipinski definition) is 5. The summed E-state index contributed by atoms with van der Waals surface area (Å²) in [5.41, 5.74) is 6.36. The van der Waals surface area contributed by atoms with Gasteiger partial charge in [-0.05, 0) is 24.5 Å². The normalized spacial score (nSPS) is 10.5. The second-order valence-corrected chi connectivity index (χ2v) is 5.22. The number of aromatic nitrogens is 3. The number of nitrogen functional groups attached to an aromatic ring is 1. The highest BCUT2D eigenvalue weighted by Crippen LogP contribution is 2.29. The maximum atomic E-state index is 6.13. The van der Waals surface area contributed by atoms with Crippen molar-refractivity contribution < 1.29 is 0 Å². The molecule has 0 amide bonds. The van der Waals surface area contributed by atoms with Gasteiger partial charge in [0.2, 0.25) is 5.95 Å². The highest BCUT2D eigenvalue weighted by atomic mass is 79.9. The molecule has 0 saturated heterocycles. The third-order valence-corrected chi connectivity index (χ3v) is 3.34. The molecule has 0 unspecified atom stereocenters.